The fraction of sp³-hybridized carbons (Fsp3) is 0.478. The molecule has 0 heterocycles. The van der Waals surface area contributed by atoms with Crippen LogP contribution in [-0.4, -0.2) is 36.2 Å². The van der Waals surface area contributed by atoms with E-state index in [2.05, 4.69) is 19.0 Å². The molecular weight excluding hydrogens is 361 g/mol. The summed E-state index contributed by atoms with van der Waals surface area (Å²) in [4.78, 5) is 2.16. The Balaban J connectivity index is 1.99. The zero-order chi connectivity index (χ0) is 19.5. The Morgan fingerprint density at radius 1 is 1.00 bits per heavy atom. The van der Waals surface area contributed by atoms with Crippen LogP contribution in [0.5, 0.6) is 0 Å². The van der Waals surface area contributed by atoms with Crippen LogP contribution < -0.4 is 0 Å². The molecule has 2 aromatic carbocycles. The standard InChI is InChI=1S/C23H29ClFNO/c1-26(2)17-22(15-18-9-11-20(25)12-10-18)13-5-6-14-23(22,27)16-19-7-3-4-8-21(19)24/h3-4,7-12,27H,5-6,13-17H2,1-2H3. The molecule has 1 N–H and O–H groups in total. The number of hydrogen-bond donors (Lipinski definition) is 1. The molecule has 0 aliphatic heterocycles. The van der Waals surface area contributed by atoms with Gasteiger partial charge in [0.1, 0.15) is 5.82 Å². The summed E-state index contributed by atoms with van der Waals surface area (Å²) in [5.74, 6) is -0.226. The van der Waals surface area contributed by atoms with E-state index in [0.29, 0.717) is 11.4 Å². The molecule has 2 nitrogen and oxygen atoms in total. The molecular formula is C23H29ClFNO. The molecule has 0 radical (unpaired) electrons. The third-order valence-electron chi connectivity index (χ3n) is 6.00. The third-order valence-corrected chi connectivity index (χ3v) is 6.37. The first-order valence-corrected chi connectivity index (χ1v) is 10.1. The first kappa shape index (κ1) is 20.3. The molecule has 0 amide bonds. The highest BCUT2D eigenvalue weighted by atomic mass is 35.5. The van der Waals surface area contributed by atoms with Gasteiger partial charge in [0.15, 0.2) is 0 Å². The molecule has 1 saturated carbocycles. The maximum absolute atomic E-state index is 13.4. The summed E-state index contributed by atoms with van der Waals surface area (Å²) in [5, 5.41) is 12.7. The van der Waals surface area contributed by atoms with Gasteiger partial charge in [-0.25, -0.2) is 4.39 Å². The third kappa shape index (κ3) is 4.53. The SMILES string of the molecule is CN(C)CC1(Cc2ccc(F)cc2)CCCCC1(O)Cc1ccccc1Cl. The normalized spacial score (nSPS) is 25.7. The predicted octanol–water partition coefficient (Wildman–Crippen LogP) is 5.12. The predicted molar refractivity (Wildman–Crippen MR) is 110 cm³/mol. The van der Waals surface area contributed by atoms with Crippen molar-refractivity contribution in [2.45, 2.75) is 44.1 Å². The van der Waals surface area contributed by atoms with Gasteiger partial charge in [0.25, 0.3) is 0 Å². The fourth-order valence-corrected chi connectivity index (χ4v) is 4.95. The number of halogens is 2. The van der Waals surface area contributed by atoms with E-state index >= 15 is 0 Å². The van der Waals surface area contributed by atoms with Crippen molar-refractivity contribution in [2.24, 2.45) is 5.41 Å². The molecule has 0 spiro atoms. The van der Waals surface area contributed by atoms with Crippen molar-refractivity contribution in [2.75, 3.05) is 20.6 Å². The van der Waals surface area contributed by atoms with Crippen molar-refractivity contribution >= 4 is 11.6 Å². The molecule has 2 aromatic rings. The quantitative estimate of drug-likeness (QED) is 0.741. The number of nitrogens with zero attached hydrogens (tertiary/aromatic N) is 1. The largest absolute Gasteiger partial charge is 0.389 e. The monoisotopic (exact) mass is 389 g/mol. The molecule has 146 valence electrons. The van der Waals surface area contributed by atoms with E-state index in [-0.39, 0.29) is 11.2 Å². The topological polar surface area (TPSA) is 23.5 Å². The minimum atomic E-state index is -0.852. The smallest absolute Gasteiger partial charge is 0.123 e. The summed E-state index contributed by atoms with van der Waals surface area (Å²) < 4.78 is 13.4. The van der Waals surface area contributed by atoms with Crippen molar-refractivity contribution in [1.29, 1.82) is 0 Å². The van der Waals surface area contributed by atoms with Gasteiger partial charge in [-0.3, -0.25) is 0 Å². The summed E-state index contributed by atoms with van der Waals surface area (Å²) in [5.41, 5.74) is 0.907. The molecule has 27 heavy (non-hydrogen) atoms. The highest BCUT2D eigenvalue weighted by Gasteiger charge is 2.51. The average molecular weight is 390 g/mol. The lowest BCUT2D eigenvalue weighted by Crippen LogP contribution is -2.57. The molecule has 1 aliphatic rings. The van der Waals surface area contributed by atoms with Crippen LogP contribution in [0.25, 0.3) is 0 Å². The number of benzene rings is 2. The second kappa shape index (κ2) is 8.30. The van der Waals surface area contributed by atoms with Crippen LogP contribution in [0.1, 0.15) is 36.8 Å². The highest BCUT2D eigenvalue weighted by molar-refractivity contribution is 6.31. The van der Waals surface area contributed by atoms with Crippen molar-refractivity contribution in [3.63, 3.8) is 0 Å². The Labute approximate surface area is 167 Å². The van der Waals surface area contributed by atoms with Crippen LogP contribution in [0.15, 0.2) is 48.5 Å². The molecule has 0 bridgehead atoms. The summed E-state index contributed by atoms with van der Waals surface area (Å²) in [7, 11) is 4.11. The van der Waals surface area contributed by atoms with E-state index < -0.39 is 5.60 Å². The molecule has 1 aliphatic carbocycles. The van der Waals surface area contributed by atoms with E-state index in [9.17, 15) is 9.50 Å². The minimum absolute atomic E-state index is 0.226. The second-order valence-electron chi connectivity index (χ2n) is 8.33. The summed E-state index contributed by atoms with van der Waals surface area (Å²) >= 11 is 6.42. The zero-order valence-corrected chi connectivity index (χ0v) is 17.0. The van der Waals surface area contributed by atoms with E-state index in [0.717, 1.165) is 49.8 Å². The van der Waals surface area contributed by atoms with Gasteiger partial charge in [-0.05, 0) is 62.7 Å². The van der Waals surface area contributed by atoms with Crippen LogP contribution in [0.2, 0.25) is 5.02 Å². The molecule has 2 atom stereocenters. The highest BCUT2D eigenvalue weighted by Crippen LogP contribution is 2.49. The number of aliphatic hydroxyl groups is 1. The van der Waals surface area contributed by atoms with Gasteiger partial charge in [-0.2, -0.15) is 0 Å². The van der Waals surface area contributed by atoms with Crippen molar-refractivity contribution in [1.82, 2.24) is 4.90 Å². The lowest BCUT2D eigenvalue weighted by Gasteiger charge is -2.52. The second-order valence-corrected chi connectivity index (χ2v) is 8.74. The van der Waals surface area contributed by atoms with Gasteiger partial charge < -0.3 is 10.0 Å². The molecule has 0 saturated heterocycles. The van der Waals surface area contributed by atoms with Crippen LogP contribution in [-0.2, 0) is 12.8 Å². The molecule has 1 fully saturated rings. The molecule has 2 unspecified atom stereocenters. The molecule has 3 rings (SSSR count). The van der Waals surface area contributed by atoms with Crippen molar-refractivity contribution < 1.29 is 9.50 Å². The Morgan fingerprint density at radius 2 is 1.67 bits per heavy atom. The number of rotatable bonds is 6. The summed E-state index contributed by atoms with van der Waals surface area (Å²) in [6, 6.07) is 14.5. The maximum atomic E-state index is 13.4. The Hall–Kier alpha value is -1.42. The Kier molecular flexibility index (Phi) is 6.25. The molecule has 4 heteroatoms. The van der Waals surface area contributed by atoms with Gasteiger partial charge in [-0.1, -0.05) is 54.8 Å². The van der Waals surface area contributed by atoms with Crippen LogP contribution >= 0.6 is 11.6 Å². The maximum Gasteiger partial charge on any atom is 0.123 e. The zero-order valence-electron chi connectivity index (χ0n) is 16.2. The lowest BCUT2D eigenvalue weighted by molar-refractivity contribution is -0.123. The Bertz CT molecular complexity index is 763. The average Bonchev–Trinajstić information content (AvgIpc) is 2.61. The van der Waals surface area contributed by atoms with E-state index in [1.165, 1.54) is 12.1 Å². The summed E-state index contributed by atoms with van der Waals surface area (Å²) in [6.07, 6.45) is 5.09. The van der Waals surface area contributed by atoms with Crippen molar-refractivity contribution in [3.05, 3.63) is 70.5 Å². The van der Waals surface area contributed by atoms with Gasteiger partial charge in [0.2, 0.25) is 0 Å². The van der Waals surface area contributed by atoms with Crippen LogP contribution in [0, 0.1) is 11.2 Å². The number of hydrogen-bond acceptors (Lipinski definition) is 2. The van der Waals surface area contributed by atoms with E-state index in [4.69, 9.17) is 11.6 Å². The van der Waals surface area contributed by atoms with Gasteiger partial charge in [-0.15, -0.1) is 0 Å². The lowest BCUT2D eigenvalue weighted by atomic mass is 9.58. The first-order valence-electron chi connectivity index (χ1n) is 9.69. The molecule has 0 aromatic heterocycles. The van der Waals surface area contributed by atoms with Gasteiger partial charge >= 0.3 is 0 Å². The van der Waals surface area contributed by atoms with E-state index in [1.54, 1.807) is 0 Å². The van der Waals surface area contributed by atoms with Gasteiger partial charge in [0, 0.05) is 23.4 Å². The summed E-state index contributed by atoms with van der Waals surface area (Å²) in [6.45, 7) is 0.783. The fourth-order valence-electron chi connectivity index (χ4n) is 4.74. The van der Waals surface area contributed by atoms with Crippen molar-refractivity contribution in [3.8, 4) is 0 Å². The first-order chi connectivity index (χ1) is 12.8. The van der Waals surface area contributed by atoms with Crippen LogP contribution in [0.3, 0.4) is 0 Å². The van der Waals surface area contributed by atoms with Gasteiger partial charge in [0.05, 0.1) is 5.60 Å². The minimum Gasteiger partial charge on any atom is -0.389 e. The van der Waals surface area contributed by atoms with E-state index in [1.807, 2.05) is 36.4 Å². The Morgan fingerprint density at radius 3 is 2.33 bits per heavy atom. The van der Waals surface area contributed by atoms with Crippen LogP contribution in [0.4, 0.5) is 4.39 Å².